The van der Waals surface area contributed by atoms with Crippen LogP contribution in [0.15, 0.2) is 12.1 Å². The third-order valence-electron chi connectivity index (χ3n) is 4.62. The van der Waals surface area contributed by atoms with E-state index in [2.05, 4.69) is 24.1 Å². The third kappa shape index (κ3) is 5.02. The molecule has 7 heteroatoms. The Balaban J connectivity index is 1.89. The Bertz CT molecular complexity index is 583. The van der Waals surface area contributed by atoms with Crippen molar-refractivity contribution in [1.29, 1.82) is 0 Å². The summed E-state index contributed by atoms with van der Waals surface area (Å²) in [5, 5.41) is 3.46. The predicted molar refractivity (Wildman–Crippen MR) is 99.5 cm³/mol. The van der Waals surface area contributed by atoms with Gasteiger partial charge >= 0.3 is 5.97 Å². The molecular weight excluding hydrogens is 336 g/mol. The number of nitrogens with zero attached hydrogens (tertiary/aromatic N) is 1. The second-order valence-corrected chi connectivity index (χ2v) is 6.56. The highest BCUT2D eigenvalue weighted by Crippen LogP contribution is 2.38. The molecule has 0 spiro atoms. The molecule has 2 atom stereocenters. The first-order valence-electron chi connectivity index (χ1n) is 8.94. The van der Waals surface area contributed by atoms with Gasteiger partial charge in [-0.15, -0.1) is 0 Å². The van der Waals surface area contributed by atoms with Crippen LogP contribution in [0.5, 0.6) is 17.2 Å². The summed E-state index contributed by atoms with van der Waals surface area (Å²) < 4.78 is 21.2. The number of ether oxygens (including phenoxy) is 4. The first-order chi connectivity index (χ1) is 12.5. The summed E-state index contributed by atoms with van der Waals surface area (Å²) in [5.74, 6) is 0.921. The molecule has 2 rings (SSSR count). The number of carbonyl (C=O) groups is 1. The molecule has 1 heterocycles. The fourth-order valence-corrected chi connectivity index (χ4v) is 3.12. The largest absolute Gasteiger partial charge is 0.493 e. The molecule has 1 saturated heterocycles. The summed E-state index contributed by atoms with van der Waals surface area (Å²) in [7, 11) is 4.56. The Kier molecular flexibility index (Phi) is 7.53. The van der Waals surface area contributed by atoms with Crippen LogP contribution in [0.2, 0.25) is 0 Å². The highest BCUT2D eigenvalue weighted by Gasteiger charge is 2.22. The zero-order valence-corrected chi connectivity index (χ0v) is 16.3. The Labute approximate surface area is 155 Å². The zero-order valence-electron chi connectivity index (χ0n) is 16.3. The van der Waals surface area contributed by atoms with Crippen molar-refractivity contribution in [3.63, 3.8) is 0 Å². The minimum Gasteiger partial charge on any atom is -0.493 e. The second kappa shape index (κ2) is 9.64. The van der Waals surface area contributed by atoms with Gasteiger partial charge in [-0.1, -0.05) is 0 Å². The van der Waals surface area contributed by atoms with E-state index in [1.807, 2.05) is 0 Å². The number of esters is 1. The highest BCUT2D eigenvalue weighted by atomic mass is 16.5. The van der Waals surface area contributed by atoms with Crippen molar-refractivity contribution in [1.82, 2.24) is 10.2 Å². The monoisotopic (exact) mass is 366 g/mol. The molecule has 0 unspecified atom stereocenters. The maximum Gasteiger partial charge on any atom is 0.338 e. The van der Waals surface area contributed by atoms with Gasteiger partial charge in [-0.05, 0) is 32.4 Å². The van der Waals surface area contributed by atoms with E-state index in [1.54, 1.807) is 12.1 Å². The molecule has 0 aromatic heterocycles. The van der Waals surface area contributed by atoms with Crippen molar-refractivity contribution >= 4 is 5.97 Å². The number of methoxy groups -OCH3 is 3. The van der Waals surface area contributed by atoms with E-state index in [0.717, 1.165) is 26.1 Å². The molecule has 1 aliphatic heterocycles. The van der Waals surface area contributed by atoms with Crippen LogP contribution in [0.3, 0.4) is 0 Å². The van der Waals surface area contributed by atoms with Gasteiger partial charge in [-0.2, -0.15) is 0 Å². The molecule has 1 aromatic rings. The Hall–Kier alpha value is -1.99. The summed E-state index contributed by atoms with van der Waals surface area (Å²) in [6, 6.07) is 4.19. The summed E-state index contributed by atoms with van der Waals surface area (Å²) in [6.07, 6.45) is 0.799. The van der Waals surface area contributed by atoms with E-state index in [-0.39, 0.29) is 0 Å². The average molecular weight is 366 g/mol. The molecule has 0 saturated carbocycles. The van der Waals surface area contributed by atoms with Gasteiger partial charge in [0, 0.05) is 31.7 Å². The summed E-state index contributed by atoms with van der Waals surface area (Å²) in [6.45, 7) is 7.69. The number of carbonyl (C=O) groups excluding carboxylic acids is 1. The number of hydrogen-bond acceptors (Lipinski definition) is 7. The lowest BCUT2D eigenvalue weighted by Crippen LogP contribution is -2.54. The second-order valence-electron chi connectivity index (χ2n) is 6.56. The van der Waals surface area contributed by atoms with Crippen molar-refractivity contribution in [3.05, 3.63) is 17.7 Å². The lowest BCUT2D eigenvalue weighted by atomic mass is 10.1. The molecule has 1 N–H and O–H groups in total. The van der Waals surface area contributed by atoms with Crippen LogP contribution in [-0.2, 0) is 4.74 Å². The molecule has 146 valence electrons. The maximum atomic E-state index is 12.4. The quantitative estimate of drug-likeness (QED) is 0.557. The molecule has 0 radical (unpaired) electrons. The summed E-state index contributed by atoms with van der Waals surface area (Å²) in [5.41, 5.74) is 0.378. The van der Waals surface area contributed by atoms with Crippen molar-refractivity contribution in [2.24, 2.45) is 0 Å². The molecule has 1 aromatic carbocycles. The van der Waals surface area contributed by atoms with Crippen LogP contribution in [0.4, 0.5) is 0 Å². The number of nitrogens with one attached hydrogen (secondary N) is 1. The van der Waals surface area contributed by atoms with Gasteiger partial charge in [-0.25, -0.2) is 4.79 Å². The normalized spacial score (nSPS) is 20.5. The molecule has 7 nitrogen and oxygen atoms in total. The molecular formula is C19H30N2O5. The van der Waals surface area contributed by atoms with Gasteiger partial charge in [0.2, 0.25) is 5.75 Å². The minimum absolute atomic E-state index is 0.376. The number of benzene rings is 1. The lowest BCUT2D eigenvalue weighted by Gasteiger charge is -2.37. The van der Waals surface area contributed by atoms with E-state index in [0.29, 0.717) is 41.5 Å². The molecule has 1 aliphatic rings. The Morgan fingerprint density at radius 3 is 2.38 bits per heavy atom. The molecule has 1 fully saturated rings. The van der Waals surface area contributed by atoms with E-state index in [1.165, 1.54) is 21.3 Å². The summed E-state index contributed by atoms with van der Waals surface area (Å²) in [4.78, 5) is 14.8. The smallest absolute Gasteiger partial charge is 0.338 e. The minimum atomic E-state index is -0.397. The highest BCUT2D eigenvalue weighted by molar-refractivity contribution is 5.91. The Morgan fingerprint density at radius 2 is 1.81 bits per heavy atom. The molecule has 26 heavy (non-hydrogen) atoms. The van der Waals surface area contributed by atoms with E-state index in [4.69, 9.17) is 18.9 Å². The first kappa shape index (κ1) is 20.3. The van der Waals surface area contributed by atoms with Crippen LogP contribution in [-0.4, -0.2) is 70.5 Å². The third-order valence-corrected chi connectivity index (χ3v) is 4.62. The molecule has 0 bridgehead atoms. The lowest BCUT2D eigenvalue weighted by molar-refractivity contribution is 0.0472. The van der Waals surface area contributed by atoms with Gasteiger partial charge < -0.3 is 24.3 Å². The first-order valence-corrected chi connectivity index (χ1v) is 8.94. The van der Waals surface area contributed by atoms with Gasteiger partial charge in [0.05, 0.1) is 33.5 Å². The SMILES string of the molecule is COc1cc(C(=O)OCCCN2C[C@H](C)NC[C@H]2C)cc(OC)c1OC. The number of hydrogen-bond donors (Lipinski definition) is 1. The average Bonchev–Trinajstić information content (AvgIpc) is 2.66. The maximum absolute atomic E-state index is 12.4. The van der Waals surface area contributed by atoms with E-state index < -0.39 is 5.97 Å². The van der Waals surface area contributed by atoms with Crippen LogP contribution >= 0.6 is 0 Å². The van der Waals surface area contributed by atoms with Crippen LogP contribution in [0, 0.1) is 0 Å². The van der Waals surface area contributed by atoms with Crippen molar-refractivity contribution in [2.75, 3.05) is 47.6 Å². The topological polar surface area (TPSA) is 69.3 Å². The van der Waals surface area contributed by atoms with E-state index in [9.17, 15) is 4.79 Å². The zero-order chi connectivity index (χ0) is 19.1. The van der Waals surface area contributed by atoms with E-state index >= 15 is 0 Å². The number of rotatable bonds is 8. The van der Waals surface area contributed by atoms with Gasteiger partial charge in [-0.3, -0.25) is 4.90 Å². The van der Waals surface area contributed by atoms with Gasteiger partial charge in [0.25, 0.3) is 0 Å². The molecule has 0 aliphatic carbocycles. The van der Waals surface area contributed by atoms with Crippen LogP contribution in [0.25, 0.3) is 0 Å². The van der Waals surface area contributed by atoms with Crippen LogP contribution in [0.1, 0.15) is 30.6 Å². The fraction of sp³-hybridized carbons (Fsp3) is 0.632. The van der Waals surface area contributed by atoms with Crippen molar-refractivity contribution in [2.45, 2.75) is 32.4 Å². The van der Waals surface area contributed by atoms with Crippen molar-refractivity contribution in [3.8, 4) is 17.2 Å². The standard InChI is InChI=1S/C19H30N2O5/c1-13-12-21(14(2)11-20-13)7-6-8-26-19(22)15-9-16(23-3)18(25-5)17(10-15)24-4/h9-10,13-14,20H,6-8,11-12H2,1-5H3/t13-,14+/m0/s1. The summed E-state index contributed by atoms with van der Waals surface area (Å²) >= 11 is 0. The number of piperazine rings is 1. The molecule has 0 amide bonds. The Morgan fingerprint density at radius 1 is 1.15 bits per heavy atom. The predicted octanol–water partition coefficient (Wildman–Crippen LogP) is 1.94. The van der Waals surface area contributed by atoms with Gasteiger partial charge in [0.15, 0.2) is 11.5 Å². The van der Waals surface area contributed by atoms with Crippen molar-refractivity contribution < 1.29 is 23.7 Å². The fourth-order valence-electron chi connectivity index (χ4n) is 3.12. The van der Waals surface area contributed by atoms with Crippen LogP contribution < -0.4 is 19.5 Å². The van der Waals surface area contributed by atoms with Gasteiger partial charge in [0.1, 0.15) is 0 Å².